The van der Waals surface area contributed by atoms with Crippen molar-refractivity contribution in [3.05, 3.63) is 0 Å². The Kier molecular flexibility index (Phi) is 2.51. The van der Waals surface area contributed by atoms with Gasteiger partial charge in [-0.1, -0.05) is 0 Å². The number of hydrogen-bond donors (Lipinski definition) is 1. The van der Waals surface area contributed by atoms with E-state index in [0.717, 1.165) is 12.8 Å². The minimum atomic E-state index is -2.96. The Labute approximate surface area is 67.4 Å². The molecule has 1 aliphatic rings. The van der Waals surface area contributed by atoms with Crippen LogP contribution in [0.1, 0.15) is 12.8 Å². The Morgan fingerprint density at radius 1 is 1.64 bits per heavy atom. The second kappa shape index (κ2) is 3.08. The maximum atomic E-state index is 11.0. The maximum Gasteiger partial charge on any atom is 0.211 e. The molecule has 1 aliphatic heterocycles. The van der Waals surface area contributed by atoms with E-state index in [0.29, 0.717) is 13.1 Å². The number of nitrogens with two attached hydrogens (primary N) is 1. The molecule has 0 spiro atoms. The molecule has 66 valence electrons. The zero-order chi connectivity index (χ0) is 8.48. The third-order valence-electron chi connectivity index (χ3n) is 2.02. The molecule has 5 heteroatoms. The third kappa shape index (κ3) is 1.91. The van der Waals surface area contributed by atoms with Gasteiger partial charge in [0.05, 0.1) is 6.26 Å². The summed E-state index contributed by atoms with van der Waals surface area (Å²) in [6.45, 7) is 1.24. The van der Waals surface area contributed by atoms with Gasteiger partial charge in [-0.05, 0) is 19.4 Å². The van der Waals surface area contributed by atoms with Crippen LogP contribution < -0.4 is 5.73 Å². The molecule has 0 aromatic carbocycles. The molecule has 1 saturated heterocycles. The van der Waals surface area contributed by atoms with Crippen molar-refractivity contribution < 1.29 is 8.42 Å². The molecule has 0 saturated carbocycles. The fraction of sp³-hybridized carbons (Fsp3) is 1.00. The fourth-order valence-corrected chi connectivity index (χ4v) is 2.52. The highest BCUT2D eigenvalue weighted by Crippen LogP contribution is 2.22. The summed E-state index contributed by atoms with van der Waals surface area (Å²) in [5.41, 5.74) is 5.32. The van der Waals surface area contributed by atoms with Crippen molar-refractivity contribution in [2.75, 3.05) is 19.3 Å². The average Bonchev–Trinajstić information content (AvgIpc) is 1.75. The van der Waals surface area contributed by atoms with E-state index in [9.17, 15) is 8.42 Å². The Hall–Kier alpha value is -0.130. The van der Waals surface area contributed by atoms with Gasteiger partial charge in [0.1, 0.15) is 0 Å². The highest BCUT2D eigenvalue weighted by Gasteiger charge is 2.33. The predicted molar refractivity (Wildman–Crippen MR) is 43.6 cm³/mol. The molecule has 0 amide bonds. The molecule has 1 unspecified atom stereocenters. The molecule has 1 atom stereocenters. The second-order valence-electron chi connectivity index (χ2n) is 2.89. The normalized spacial score (nSPS) is 26.5. The van der Waals surface area contributed by atoms with Crippen molar-refractivity contribution in [1.29, 1.82) is 0 Å². The number of hydrogen-bond acceptors (Lipinski definition) is 3. The summed E-state index contributed by atoms with van der Waals surface area (Å²) in [7, 11) is -2.96. The SMILES string of the molecule is CS(=O)(=O)N1CCC1CCN. The highest BCUT2D eigenvalue weighted by atomic mass is 32.2. The third-order valence-corrected chi connectivity index (χ3v) is 3.35. The molecule has 0 aromatic heterocycles. The maximum absolute atomic E-state index is 11.0. The average molecular weight is 178 g/mol. The van der Waals surface area contributed by atoms with Crippen molar-refractivity contribution >= 4 is 10.0 Å². The molecule has 1 rings (SSSR count). The Balaban J connectivity index is 2.50. The minimum Gasteiger partial charge on any atom is -0.330 e. The minimum absolute atomic E-state index is 0.176. The number of sulfonamides is 1. The monoisotopic (exact) mass is 178 g/mol. The predicted octanol–water partition coefficient (Wildman–Crippen LogP) is -0.631. The van der Waals surface area contributed by atoms with Crippen molar-refractivity contribution in [3.8, 4) is 0 Å². The van der Waals surface area contributed by atoms with Gasteiger partial charge in [-0.15, -0.1) is 0 Å². The first-order chi connectivity index (χ1) is 5.05. The zero-order valence-electron chi connectivity index (χ0n) is 6.66. The molecule has 2 N–H and O–H groups in total. The number of rotatable bonds is 3. The summed E-state index contributed by atoms with van der Waals surface area (Å²) < 4.78 is 23.5. The lowest BCUT2D eigenvalue weighted by atomic mass is 10.0. The summed E-state index contributed by atoms with van der Waals surface area (Å²) in [5.74, 6) is 0. The van der Waals surface area contributed by atoms with Crippen LogP contribution in [-0.2, 0) is 10.0 Å². The van der Waals surface area contributed by atoms with Crippen LogP contribution in [-0.4, -0.2) is 38.1 Å². The summed E-state index contributed by atoms with van der Waals surface area (Å²) in [5, 5.41) is 0. The highest BCUT2D eigenvalue weighted by molar-refractivity contribution is 7.88. The Bertz CT molecular complexity index is 225. The van der Waals surface area contributed by atoms with E-state index in [1.807, 2.05) is 0 Å². The van der Waals surface area contributed by atoms with Crippen LogP contribution in [0, 0.1) is 0 Å². The first kappa shape index (κ1) is 8.96. The largest absolute Gasteiger partial charge is 0.330 e. The van der Waals surface area contributed by atoms with Crippen LogP contribution in [0.15, 0.2) is 0 Å². The van der Waals surface area contributed by atoms with Gasteiger partial charge in [0.2, 0.25) is 10.0 Å². The summed E-state index contributed by atoms with van der Waals surface area (Å²) in [6, 6.07) is 0.176. The van der Waals surface area contributed by atoms with Crippen LogP contribution in [0.5, 0.6) is 0 Å². The van der Waals surface area contributed by atoms with Gasteiger partial charge in [-0.25, -0.2) is 8.42 Å². The van der Waals surface area contributed by atoms with Crippen molar-refractivity contribution in [3.63, 3.8) is 0 Å². The first-order valence-electron chi connectivity index (χ1n) is 3.72. The molecule has 4 nitrogen and oxygen atoms in total. The topological polar surface area (TPSA) is 63.4 Å². The van der Waals surface area contributed by atoms with Gasteiger partial charge in [0.15, 0.2) is 0 Å². The van der Waals surface area contributed by atoms with Crippen LogP contribution in [0.3, 0.4) is 0 Å². The molecule has 0 radical (unpaired) electrons. The van der Waals surface area contributed by atoms with Crippen molar-refractivity contribution in [1.82, 2.24) is 4.31 Å². The van der Waals surface area contributed by atoms with Crippen LogP contribution >= 0.6 is 0 Å². The van der Waals surface area contributed by atoms with Gasteiger partial charge in [0.25, 0.3) is 0 Å². The fourth-order valence-electron chi connectivity index (χ4n) is 1.33. The molecule has 11 heavy (non-hydrogen) atoms. The quantitative estimate of drug-likeness (QED) is 0.626. The van der Waals surface area contributed by atoms with Gasteiger partial charge < -0.3 is 5.73 Å². The molecule has 0 bridgehead atoms. The lowest BCUT2D eigenvalue weighted by molar-refractivity contribution is 0.192. The lowest BCUT2D eigenvalue weighted by Crippen LogP contribution is -2.51. The second-order valence-corrected chi connectivity index (χ2v) is 4.83. The van der Waals surface area contributed by atoms with Crippen LogP contribution in [0.25, 0.3) is 0 Å². The van der Waals surface area contributed by atoms with E-state index in [-0.39, 0.29) is 6.04 Å². The molecular weight excluding hydrogens is 164 g/mol. The van der Waals surface area contributed by atoms with Crippen molar-refractivity contribution in [2.24, 2.45) is 5.73 Å². The Morgan fingerprint density at radius 2 is 2.27 bits per heavy atom. The van der Waals surface area contributed by atoms with Gasteiger partial charge in [-0.2, -0.15) is 4.31 Å². The summed E-state index contributed by atoms with van der Waals surface area (Å²) in [6.07, 6.45) is 2.99. The summed E-state index contributed by atoms with van der Waals surface area (Å²) >= 11 is 0. The van der Waals surface area contributed by atoms with E-state index in [2.05, 4.69) is 0 Å². The van der Waals surface area contributed by atoms with Gasteiger partial charge >= 0.3 is 0 Å². The van der Waals surface area contributed by atoms with Crippen LogP contribution in [0.2, 0.25) is 0 Å². The van der Waals surface area contributed by atoms with Gasteiger partial charge in [0, 0.05) is 12.6 Å². The van der Waals surface area contributed by atoms with E-state index in [4.69, 9.17) is 5.73 Å². The molecule has 0 aliphatic carbocycles. The van der Waals surface area contributed by atoms with Crippen molar-refractivity contribution in [2.45, 2.75) is 18.9 Å². The first-order valence-corrected chi connectivity index (χ1v) is 5.57. The lowest BCUT2D eigenvalue weighted by Gasteiger charge is -2.38. The van der Waals surface area contributed by atoms with Crippen LogP contribution in [0.4, 0.5) is 0 Å². The van der Waals surface area contributed by atoms with E-state index < -0.39 is 10.0 Å². The smallest absolute Gasteiger partial charge is 0.211 e. The molecule has 1 heterocycles. The standard InChI is InChI=1S/C6H14N2O2S/c1-11(9,10)8-5-3-6(8)2-4-7/h6H,2-5,7H2,1H3. The zero-order valence-corrected chi connectivity index (χ0v) is 7.47. The summed E-state index contributed by atoms with van der Waals surface area (Å²) in [4.78, 5) is 0. The number of nitrogens with zero attached hydrogens (tertiary/aromatic N) is 1. The van der Waals surface area contributed by atoms with E-state index in [1.165, 1.54) is 10.6 Å². The molecule has 1 fully saturated rings. The van der Waals surface area contributed by atoms with E-state index >= 15 is 0 Å². The molecular formula is C6H14N2O2S. The van der Waals surface area contributed by atoms with Gasteiger partial charge in [-0.3, -0.25) is 0 Å². The molecule has 0 aromatic rings. The Morgan fingerprint density at radius 3 is 2.55 bits per heavy atom. The van der Waals surface area contributed by atoms with E-state index in [1.54, 1.807) is 0 Å².